The topological polar surface area (TPSA) is 176 Å². The molecule has 12 heteroatoms. The van der Waals surface area contributed by atoms with Gasteiger partial charge in [-0.2, -0.15) is 5.90 Å². The van der Waals surface area contributed by atoms with Crippen LogP contribution in [-0.4, -0.2) is 24.3 Å². The standard InChI is InChI=1S/C14H15ClN6O5/c15-9-3-1-8(2-4-9)7-19-14(24)11(12(20-16)21-25)13(23)18-6-5-10(22)26-17/h1-4,16H,5-7,17H2,(H,18,23)(H,19,24)/b12-11+,20-16?. The summed E-state index contributed by atoms with van der Waals surface area (Å²) in [6.45, 7) is -0.191. The summed E-state index contributed by atoms with van der Waals surface area (Å²) in [6, 6.07) is 6.53. The maximum Gasteiger partial charge on any atom is 0.326 e. The summed E-state index contributed by atoms with van der Waals surface area (Å²) in [6.07, 6.45) is -0.260. The number of nitrogens with two attached hydrogens (primary N) is 1. The molecule has 2 amide bonds. The number of hydrogen-bond donors (Lipinski definition) is 4. The van der Waals surface area contributed by atoms with Crippen molar-refractivity contribution < 1.29 is 19.2 Å². The summed E-state index contributed by atoms with van der Waals surface area (Å²) < 4.78 is 0. The fourth-order valence-electron chi connectivity index (χ4n) is 1.73. The van der Waals surface area contributed by atoms with Crippen LogP contribution in [0.15, 0.2) is 46.0 Å². The molecule has 0 unspecified atom stereocenters. The summed E-state index contributed by atoms with van der Waals surface area (Å²) in [7, 11) is 0. The fourth-order valence-corrected chi connectivity index (χ4v) is 1.85. The molecule has 0 aliphatic carbocycles. The van der Waals surface area contributed by atoms with E-state index in [1.165, 1.54) is 0 Å². The molecule has 0 aliphatic rings. The molecular formula is C14H15ClN6O5. The Kier molecular flexibility index (Phi) is 8.54. The largest absolute Gasteiger partial charge is 0.373 e. The highest BCUT2D eigenvalue weighted by Crippen LogP contribution is 2.11. The number of nitroso groups, excluding NO2 is 1. The molecule has 0 bridgehead atoms. The summed E-state index contributed by atoms with van der Waals surface area (Å²) >= 11 is 5.76. The van der Waals surface area contributed by atoms with E-state index < -0.39 is 29.2 Å². The third-order valence-electron chi connectivity index (χ3n) is 2.98. The van der Waals surface area contributed by atoms with E-state index in [1.54, 1.807) is 24.3 Å². The first-order valence-corrected chi connectivity index (χ1v) is 7.46. The van der Waals surface area contributed by atoms with Crippen molar-refractivity contribution >= 4 is 29.4 Å². The highest BCUT2D eigenvalue weighted by atomic mass is 35.5. The van der Waals surface area contributed by atoms with Crippen LogP contribution in [0.4, 0.5) is 0 Å². The first-order chi connectivity index (χ1) is 12.4. The fraction of sp³-hybridized carbons (Fsp3) is 0.214. The molecule has 0 saturated carbocycles. The van der Waals surface area contributed by atoms with E-state index in [-0.39, 0.29) is 19.5 Å². The summed E-state index contributed by atoms with van der Waals surface area (Å²) in [5, 5.41) is 10.3. The molecule has 5 N–H and O–H groups in total. The first-order valence-electron chi connectivity index (χ1n) is 7.08. The van der Waals surface area contributed by atoms with Gasteiger partial charge in [0.2, 0.25) is 5.82 Å². The Bertz CT molecular complexity index is 724. The number of nitrogens with zero attached hydrogens (tertiary/aromatic N) is 2. The van der Waals surface area contributed by atoms with E-state index in [9.17, 15) is 19.3 Å². The molecule has 11 nitrogen and oxygen atoms in total. The van der Waals surface area contributed by atoms with Crippen molar-refractivity contribution in [2.75, 3.05) is 6.54 Å². The number of carbonyl (C=O) groups is 3. The van der Waals surface area contributed by atoms with Crippen molar-refractivity contribution in [2.45, 2.75) is 13.0 Å². The highest BCUT2D eigenvalue weighted by Gasteiger charge is 2.24. The Balaban J connectivity index is 2.83. The van der Waals surface area contributed by atoms with Gasteiger partial charge in [0.15, 0.2) is 5.57 Å². The molecule has 0 spiro atoms. The van der Waals surface area contributed by atoms with Gasteiger partial charge in [-0.1, -0.05) is 23.7 Å². The predicted molar refractivity (Wildman–Crippen MR) is 89.2 cm³/mol. The number of carbonyl (C=O) groups excluding carboxylic acids is 3. The van der Waals surface area contributed by atoms with Crippen LogP contribution in [0.2, 0.25) is 5.02 Å². The third kappa shape index (κ3) is 6.37. The molecule has 0 fully saturated rings. The number of halogens is 1. The van der Waals surface area contributed by atoms with E-state index in [4.69, 9.17) is 17.1 Å². The molecule has 0 heterocycles. The Hall–Kier alpha value is -3.18. The van der Waals surface area contributed by atoms with Gasteiger partial charge in [-0.15, -0.1) is 10.0 Å². The minimum atomic E-state index is -1.03. The van der Waals surface area contributed by atoms with Crippen molar-refractivity contribution in [3.8, 4) is 0 Å². The molecule has 0 atom stereocenters. The molecule has 0 saturated heterocycles. The van der Waals surface area contributed by atoms with Gasteiger partial charge in [-0.3, -0.25) is 14.4 Å². The first kappa shape index (κ1) is 20.9. The summed E-state index contributed by atoms with van der Waals surface area (Å²) in [5.41, 5.74) is 6.80. The van der Waals surface area contributed by atoms with Gasteiger partial charge in [-0.05, 0) is 22.9 Å². The van der Waals surface area contributed by atoms with Crippen LogP contribution in [-0.2, 0) is 25.8 Å². The molecule has 0 aliphatic heterocycles. The maximum atomic E-state index is 12.2. The van der Waals surface area contributed by atoms with Crippen LogP contribution in [0.1, 0.15) is 12.0 Å². The zero-order valence-corrected chi connectivity index (χ0v) is 14.1. The van der Waals surface area contributed by atoms with Crippen molar-refractivity contribution in [1.82, 2.24) is 10.6 Å². The molecule has 1 rings (SSSR count). The third-order valence-corrected chi connectivity index (χ3v) is 3.23. The minimum absolute atomic E-state index is 0.0242. The second-order valence-corrected chi connectivity index (χ2v) is 5.14. The molecule has 26 heavy (non-hydrogen) atoms. The maximum absolute atomic E-state index is 12.2. The molecular weight excluding hydrogens is 368 g/mol. The smallest absolute Gasteiger partial charge is 0.326 e. The molecule has 1 aromatic rings. The lowest BCUT2D eigenvalue weighted by molar-refractivity contribution is -0.144. The van der Waals surface area contributed by atoms with Gasteiger partial charge in [0.1, 0.15) is 0 Å². The van der Waals surface area contributed by atoms with Gasteiger partial charge >= 0.3 is 5.97 Å². The summed E-state index contributed by atoms with van der Waals surface area (Å²) in [4.78, 5) is 49.9. The van der Waals surface area contributed by atoms with Gasteiger partial charge in [0.25, 0.3) is 11.8 Å². The molecule has 138 valence electrons. The summed E-state index contributed by atoms with van der Waals surface area (Å²) in [5.74, 6) is 0.956. The number of rotatable bonds is 9. The van der Waals surface area contributed by atoms with Crippen LogP contribution < -0.4 is 16.5 Å². The van der Waals surface area contributed by atoms with Crippen LogP contribution in [0.5, 0.6) is 0 Å². The normalized spacial score (nSPS) is 11.0. The van der Waals surface area contributed by atoms with Crippen molar-refractivity contribution in [3.05, 3.63) is 51.2 Å². The van der Waals surface area contributed by atoms with E-state index in [1.807, 2.05) is 0 Å². The predicted octanol–water partition coefficient (Wildman–Crippen LogP) is 0.888. The minimum Gasteiger partial charge on any atom is -0.373 e. The number of nitrogens with one attached hydrogen (secondary N) is 3. The van der Waals surface area contributed by atoms with Crippen LogP contribution in [0.3, 0.4) is 0 Å². The zero-order chi connectivity index (χ0) is 19.5. The number of benzene rings is 1. The Morgan fingerprint density at radius 1 is 1.15 bits per heavy atom. The Labute approximate surface area is 152 Å². The highest BCUT2D eigenvalue weighted by molar-refractivity contribution is 6.30. The zero-order valence-electron chi connectivity index (χ0n) is 13.3. The van der Waals surface area contributed by atoms with Crippen LogP contribution in [0, 0.1) is 10.4 Å². The second kappa shape index (κ2) is 10.6. The Morgan fingerprint density at radius 3 is 2.31 bits per heavy atom. The lowest BCUT2D eigenvalue weighted by Gasteiger charge is -2.10. The molecule has 0 radical (unpaired) electrons. The van der Waals surface area contributed by atoms with E-state index in [0.29, 0.717) is 10.6 Å². The van der Waals surface area contributed by atoms with Crippen molar-refractivity contribution in [1.29, 1.82) is 5.53 Å². The van der Waals surface area contributed by atoms with E-state index >= 15 is 0 Å². The number of hydrogen-bond acceptors (Lipinski definition) is 9. The lowest BCUT2D eigenvalue weighted by Crippen LogP contribution is -2.36. The van der Waals surface area contributed by atoms with Gasteiger partial charge in [0.05, 0.1) is 6.42 Å². The average molecular weight is 383 g/mol. The Morgan fingerprint density at radius 2 is 1.77 bits per heavy atom. The average Bonchev–Trinajstić information content (AvgIpc) is 2.64. The van der Waals surface area contributed by atoms with Crippen molar-refractivity contribution in [2.24, 2.45) is 16.2 Å². The van der Waals surface area contributed by atoms with Crippen molar-refractivity contribution in [3.63, 3.8) is 0 Å². The lowest BCUT2D eigenvalue weighted by atomic mass is 10.2. The number of amides is 2. The molecule has 0 aromatic heterocycles. The second-order valence-electron chi connectivity index (χ2n) is 4.71. The quantitative estimate of drug-likeness (QED) is 0.123. The van der Waals surface area contributed by atoms with Crippen LogP contribution >= 0.6 is 11.6 Å². The van der Waals surface area contributed by atoms with E-state index in [2.05, 4.69) is 31.7 Å². The van der Waals surface area contributed by atoms with Gasteiger partial charge in [0, 0.05) is 18.1 Å². The van der Waals surface area contributed by atoms with Crippen LogP contribution in [0.25, 0.3) is 0 Å². The molecule has 1 aromatic carbocycles. The monoisotopic (exact) mass is 382 g/mol. The van der Waals surface area contributed by atoms with Gasteiger partial charge < -0.3 is 15.5 Å². The van der Waals surface area contributed by atoms with Gasteiger partial charge in [-0.25, -0.2) is 5.53 Å². The SMILES string of the molecule is N=N/C(N=O)=C(/C(=O)NCCC(=O)ON)C(=O)NCc1ccc(Cl)cc1. The van der Waals surface area contributed by atoms with E-state index in [0.717, 1.165) is 0 Å².